The molecule has 1 saturated carbocycles. The summed E-state index contributed by atoms with van der Waals surface area (Å²) in [6, 6.07) is 1.53. The lowest BCUT2D eigenvalue weighted by atomic mass is 10.0. The van der Waals surface area contributed by atoms with Crippen molar-refractivity contribution in [3.05, 3.63) is 28.8 Å². The monoisotopic (exact) mass is 368 g/mol. The fourth-order valence-electron chi connectivity index (χ4n) is 2.93. The number of carbonyl (C=O) groups excluding carboxylic acids is 1. The Hall–Kier alpha value is -1.08. The predicted molar refractivity (Wildman–Crippen MR) is 80.4 cm³/mol. The van der Waals surface area contributed by atoms with Crippen LogP contribution < -0.4 is 0 Å². The van der Waals surface area contributed by atoms with E-state index in [-0.39, 0.29) is 17.5 Å². The van der Waals surface area contributed by atoms with Crippen molar-refractivity contribution in [1.82, 2.24) is 0 Å². The van der Waals surface area contributed by atoms with Gasteiger partial charge < -0.3 is 0 Å². The van der Waals surface area contributed by atoms with E-state index in [2.05, 4.69) is 0 Å². The van der Waals surface area contributed by atoms with Gasteiger partial charge in [-0.3, -0.25) is 4.79 Å². The van der Waals surface area contributed by atoms with E-state index >= 15 is 0 Å². The van der Waals surface area contributed by atoms with Crippen LogP contribution in [0.3, 0.4) is 0 Å². The fraction of sp³-hybridized carbons (Fsp3) is 0.533. The molecule has 1 aliphatic rings. The normalized spacial score (nSPS) is 16.7. The molecule has 0 amide bonds. The lowest BCUT2D eigenvalue weighted by molar-refractivity contribution is -0.139. The Balaban J connectivity index is 2.73. The van der Waals surface area contributed by atoms with Crippen molar-refractivity contribution in [1.29, 1.82) is 0 Å². The van der Waals surface area contributed by atoms with Gasteiger partial charge in [0.2, 0.25) is 0 Å². The highest BCUT2D eigenvalue weighted by atomic mass is 35.5. The van der Waals surface area contributed by atoms with Crippen molar-refractivity contribution >= 4 is 26.7 Å². The van der Waals surface area contributed by atoms with Gasteiger partial charge in [-0.2, -0.15) is 13.2 Å². The van der Waals surface area contributed by atoms with E-state index in [1.165, 1.54) is 0 Å². The Bertz CT molecular complexity index is 720. The van der Waals surface area contributed by atoms with Gasteiger partial charge in [0, 0.05) is 5.56 Å². The number of benzene rings is 1. The summed E-state index contributed by atoms with van der Waals surface area (Å²) < 4.78 is 65.2. The third kappa shape index (κ3) is 3.55. The summed E-state index contributed by atoms with van der Waals surface area (Å²) in [5.74, 6) is 0. The summed E-state index contributed by atoms with van der Waals surface area (Å²) in [7, 11) is -4.10. The standard InChI is InChI=1S/C15H16ClF3O3S/c1-2-9-7-13(23(21,22)10-5-3-4-6-10)12(15(17,18)19)8-11(9)14(16)20/h7-8,10H,2-6H2,1H3. The van der Waals surface area contributed by atoms with Gasteiger partial charge in [0.1, 0.15) is 0 Å². The number of carbonyl (C=O) groups is 1. The first-order valence-corrected chi connectivity index (χ1v) is 9.19. The molecule has 1 fully saturated rings. The van der Waals surface area contributed by atoms with Crippen LogP contribution in [0.15, 0.2) is 17.0 Å². The van der Waals surface area contributed by atoms with E-state index in [0.29, 0.717) is 31.7 Å². The Kier molecular flexibility index (Phi) is 5.11. The van der Waals surface area contributed by atoms with Crippen molar-refractivity contribution in [2.24, 2.45) is 0 Å². The van der Waals surface area contributed by atoms with Crippen LogP contribution in [0, 0.1) is 0 Å². The van der Waals surface area contributed by atoms with Crippen molar-refractivity contribution in [3.63, 3.8) is 0 Å². The molecule has 0 aromatic heterocycles. The van der Waals surface area contributed by atoms with E-state index in [1.54, 1.807) is 6.92 Å². The Morgan fingerprint density at radius 3 is 2.26 bits per heavy atom. The number of halogens is 4. The molecule has 0 aliphatic heterocycles. The number of hydrogen-bond donors (Lipinski definition) is 0. The zero-order chi connectivity index (χ0) is 17.4. The minimum Gasteiger partial charge on any atom is -0.276 e. The van der Waals surface area contributed by atoms with E-state index in [4.69, 9.17) is 11.6 Å². The van der Waals surface area contributed by atoms with Crippen LogP contribution >= 0.6 is 11.6 Å². The van der Waals surface area contributed by atoms with Gasteiger partial charge in [-0.05, 0) is 48.6 Å². The number of hydrogen-bond acceptors (Lipinski definition) is 3. The van der Waals surface area contributed by atoms with E-state index in [0.717, 1.165) is 6.07 Å². The first kappa shape index (κ1) is 18.3. The highest BCUT2D eigenvalue weighted by Crippen LogP contribution is 2.40. The molecule has 3 nitrogen and oxygen atoms in total. The van der Waals surface area contributed by atoms with E-state index < -0.39 is 37.0 Å². The maximum Gasteiger partial charge on any atom is 0.417 e. The quantitative estimate of drug-likeness (QED) is 0.742. The summed E-state index contributed by atoms with van der Waals surface area (Å²) in [5, 5.41) is -1.83. The van der Waals surface area contributed by atoms with Crippen molar-refractivity contribution in [2.75, 3.05) is 0 Å². The first-order chi connectivity index (χ1) is 10.6. The molecule has 0 heterocycles. The van der Waals surface area contributed by atoms with Gasteiger partial charge in [0.05, 0.1) is 15.7 Å². The molecule has 0 bridgehead atoms. The maximum absolute atomic E-state index is 13.3. The van der Waals surface area contributed by atoms with Crippen LogP contribution in [0.2, 0.25) is 0 Å². The van der Waals surface area contributed by atoms with Gasteiger partial charge in [0.15, 0.2) is 9.84 Å². The van der Waals surface area contributed by atoms with E-state index in [9.17, 15) is 26.4 Å². The zero-order valence-corrected chi connectivity index (χ0v) is 14.0. The van der Waals surface area contributed by atoms with E-state index in [1.807, 2.05) is 0 Å². The molecular weight excluding hydrogens is 353 g/mol. The highest BCUT2D eigenvalue weighted by molar-refractivity contribution is 7.92. The summed E-state index contributed by atoms with van der Waals surface area (Å²) in [5.41, 5.74) is -1.41. The summed E-state index contributed by atoms with van der Waals surface area (Å²) in [6.07, 6.45) is -2.59. The summed E-state index contributed by atoms with van der Waals surface area (Å²) in [6.45, 7) is 1.62. The average molecular weight is 369 g/mol. The maximum atomic E-state index is 13.3. The molecular formula is C15H16ClF3O3S. The number of rotatable bonds is 4. The molecule has 8 heteroatoms. The van der Waals surface area contributed by atoms with Gasteiger partial charge in [-0.1, -0.05) is 19.8 Å². The summed E-state index contributed by atoms with van der Waals surface area (Å²) in [4.78, 5) is 10.6. The lowest BCUT2D eigenvalue weighted by Crippen LogP contribution is -2.23. The third-order valence-corrected chi connectivity index (χ3v) is 6.65. The van der Waals surface area contributed by atoms with Crippen LogP contribution in [0.1, 0.15) is 54.1 Å². The summed E-state index contributed by atoms with van der Waals surface area (Å²) >= 11 is 5.35. The molecule has 0 radical (unpaired) electrons. The van der Waals surface area contributed by atoms with Crippen molar-refractivity contribution in [2.45, 2.75) is 55.3 Å². The van der Waals surface area contributed by atoms with Crippen LogP contribution in [-0.4, -0.2) is 18.9 Å². The molecule has 1 aromatic rings. The predicted octanol–water partition coefficient (Wildman–Crippen LogP) is 4.36. The topological polar surface area (TPSA) is 51.2 Å². The molecule has 0 saturated heterocycles. The number of aryl methyl sites for hydroxylation is 1. The van der Waals surface area contributed by atoms with Crippen LogP contribution in [-0.2, 0) is 22.4 Å². The molecule has 1 aliphatic carbocycles. The first-order valence-electron chi connectivity index (χ1n) is 7.27. The second-order valence-corrected chi connectivity index (χ2v) is 8.12. The van der Waals surface area contributed by atoms with Gasteiger partial charge in [-0.25, -0.2) is 8.42 Å². The zero-order valence-electron chi connectivity index (χ0n) is 12.4. The molecule has 0 N–H and O–H groups in total. The molecule has 2 rings (SSSR count). The smallest absolute Gasteiger partial charge is 0.276 e. The van der Waals surface area contributed by atoms with Crippen molar-refractivity contribution in [3.8, 4) is 0 Å². The van der Waals surface area contributed by atoms with Crippen LogP contribution in [0.5, 0.6) is 0 Å². The fourth-order valence-corrected chi connectivity index (χ4v) is 5.21. The minimum atomic E-state index is -4.88. The van der Waals surface area contributed by atoms with Gasteiger partial charge in [-0.15, -0.1) is 0 Å². The molecule has 1 aromatic carbocycles. The SMILES string of the molecule is CCc1cc(S(=O)(=O)C2CCCC2)c(C(F)(F)F)cc1C(=O)Cl. The number of sulfone groups is 1. The largest absolute Gasteiger partial charge is 0.417 e. The molecule has 0 spiro atoms. The molecule has 128 valence electrons. The third-order valence-electron chi connectivity index (χ3n) is 4.15. The van der Waals surface area contributed by atoms with Gasteiger partial charge >= 0.3 is 6.18 Å². The highest BCUT2D eigenvalue weighted by Gasteiger charge is 2.41. The second kappa shape index (κ2) is 6.43. The van der Waals surface area contributed by atoms with Crippen LogP contribution in [0.25, 0.3) is 0 Å². The molecule has 0 unspecified atom stereocenters. The Labute approximate surface area is 137 Å². The van der Waals surface area contributed by atoms with Crippen molar-refractivity contribution < 1.29 is 26.4 Å². The minimum absolute atomic E-state index is 0.203. The average Bonchev–Trinajstić information content (AvgIpc) is 2.99. The Morgan fingerprint density at radius 1 is 1.26 bits per heavy atom. The molecule has 23 heavy (non-hydrogen) atoms. The molecule has 0 atom stereocenters. The number of alkyl halides is 3. The second-order valence-electron chi connectivity index (χ2n) is 5.58. The van der Waals surface area contributed by atoms with Gasteiger partial charge in [0.25, 0.3) is 5.24 Å². The lowest BCUT2D eigenvalue weighted by Gasteiger charge is -2.19. The van der Waals surface area contributed by atoms with Crippen LogP contribution in [0.4, 0.5) is 13.2 Å². The Morgan fingerprint density at radius 2 is 1.83 bits per heavy atom.